The van der Waals surface area contributed by atoms with Crippen molar-refractivity contribution >= 4 is 5.52 Å². The molecule has 11 heteroatoms. The number of piperidine rings is 1. The van der Waals surface area contributed by atoms with Gasteiger partial charge >= 0.3 is 11.9 Å². The first-order valence-electron chi connectivity index (χ1n) is 12.3. The Morgan fingerprint density at radius 2 is 1.95 bits per heavy atom. The molecule has 0 radical (unpaired) electrons. The molecule has 0 atom stereocenters. The van der Waals surface area contributed by atoms with E-state index in [2.05, 4.69) is 15.5 Å². The van der Waals surface area contributed by atoms with E-state index < -0.39 is 17.4 Å². The lowest BCUT2D eigenvalue weighted by Gasteiger charge is -2.41. The third kappa shape index (κ3) is 4.15. The molecule has 8 nitrogen and oxygen atoms in total. The molecule has 194 valence electrons. The van der Waals surface area contributed by atoms with Crippen LogP contribution >= 0.6 is 0 Å². The number of hydrogen-bond donors (Lipinski definition) is 1. The van der Waals surface area contributed by atoms with E-state index in [4.69, 9.17) is 4.74 Å². The quantitative estimate of drug-likeness (QED) is 0.445. The summed E-state index contributed by atoms with van der Waals surface area (Å²) >= 11 is 0. The highest BCUT2D eigenvalue weighted by atomic mass is 19.4. The zero-order chi connectivity index (χ0) is 25.8. The number of nitrogens with zero attached hydrogens (tertiary/aromatic N) is 5. The summed E-state index contributed by atoms with van der Waals surface area (Å²) in [5.74, 6) is 0.783. The molecule has 0 unspecified atom stereocenters. The normalized spacial score (nSPS) is 18.3. The highest BCUT2D eigenvalue weighted by molar-refractivity contribution is 5.58. The fourth-order valence-electron chi connectivity index (χ4n) is 5.48. The van der Waals surface area contributed by atoms with E-state index in [1.807, 2.05) is 29.8 Å². The van der Waals surface area contributed by atoms with Crippen LogP contribution in [0.1, 0.15) is 41.3 Å². The van der Waals surface area contributed by atoms with Crippen LogP contribution in [0.5, 0.6) is 0 Å². The molecule has 37 heavy (non-hydrogen) atoms. The van der Waals surface area contributed by atoms with Crippen LogP contribution in [-0.4, -0.2) is 50.0 Å². The van der Waals surface area contributed by atoms with Gasteiger partial charge in [-0.2, -0.15) is 13.2 Å². The highest BCUT2D eigenvalue weighted by Crippen LogP contribution is 2.38. The minimum absolute atomic E-state index is 0.0237. The van der Waals surface area contributed by atoms with Gasteiger partial charge in [-0.15, -0.1) is 10.2 Å². The highest BCUT2D eigenvalue weighted by Gasteiger charge is 2.42. The molecule has 2 saturated heterocycles. The number of alkyl halides is 3. The van der Waals surface area contributed by atoms with Gasteiger partial charge in [0, 0.05) is 31.3 Å². The maximum absolute atomic E-state index is 14.1. The van der Waals surface area contributed by atoms with Crippen molar-refractivity contribution in [2.75, 3.05) is 26.3 Å². The molecule has 0 amide bonds. The molecule has 2 aliphatic rings. The Kier molecular flexibility index (Phi) is 5.72. The molecule has 1 N–H and O–H groups in total. The number of benzene rings is 1. The van der Waals surface area contributed by atoms with E-state index in [9.17, 15) is 18.0 Å². The number of fused-ring (bicyclic) bond motifs is 1. The third-order valence-electron chi connectivity index (χ3n) is 7.70. The number of halogens is 3. The Bertz CT molecular complexity index is 1510. The average Bonchev–Trinajstić information content (AvgIpc) is 3.43. The summed E-state index contributed by atoms with van der Waals surface area (Å²) in [5.41, 5.74) is 0.173. The fourth-order valence-corrected chi connectivity index (χ4v) is 5.48. The average molecular weight is 513 g/mol. The largest absolute Gasteiger partial charge is 0.418 e. The first-order chi connectivity index (χ1) is 17.7. The van der Waals surface area contributed by atoms with Crippen molar-refractivity contribution in [1.29, 1.82) is 0 Å². The van der Waals surface area contributed by atoms with Crippen LogP contribution in [0, 0.1) is 0 Å². The smallest absolute Gasteiger partial charge is 0.379 e. The molecule has 4 aromatic rings. The summed E-state index contributed by atoms with van der Waals surface area (Å²) in [4.78, 5) is 13.5. The lowest BCUT2D eigenvalue weighted by Crippen LogP contribution is -2.49. The molecule has 1 aromatic carbocycles. The molecule has 0 aliphatic carbocycles. The fraction of sp³-hybridized carbons (Fsp3) is 0.423. The second-order valence-electron chi connectivity index (χ2n) is 10.1. The topological polar surface area (TPSA) is 78.4 Å². The molecular weight excluding hydrogens is 485 g/mol. The van der Waals surface area contributed by atoms with Gasteiger partial charge in [0.05, 0.1) is 30.0 Å². The number of aromatic nitrogens is 5. The number of ether oxygens (including phenoxy) is 1. The molecule has 0 spiro atoms. The van der Waals surface area contributed by atoms with E-state index in [1.165, 1.54) is 16.8 Å². The Hall–Kier alpha value is -3.44. The summed E-state index contributed by atoms with van der Waals surface area (Å²) in [6.45, 7) is 2.45. The maximum Gasteiger partial charge on any atom is 0.418 e. The number of aryl methyl sites for hydroxylation is 1. The summed E-state index contributed by atoms with van der Waals surface area (Å²) in [7, 11) is 1.88. The van der Waals surface area contributed by atoms with Gasteiger partial charge in [-0.1, -0.05) is 12.1 Å². The molecular formula is C26H27F3N6O2. The van der Waals surface area contributed by atoms with Gasteiger partial charge in [-0.3, -0.25) is 8.97 Å². The third-order valence-corrected chi connectivity index (χ3v) is 7.70. The van der Waals surface area contributed by atoms with Crippen LogP contribution in [-0.2, 0) is 29.8 Å². The van der Waals surface area contributed by atoms with Crippen LogP contribution in [0.25, 0.3) is 11.2 Å². The van der Waals surface area contributed by atoms with E-state index in [0.29, 0.717) is 30.9 Å². The predicted molar refractivity (Wildman–Crippen MR) is 130 cm³/mol. The molecule has 2 aliphatic heterocycles. The summed E-state index contributed by atoms with van der Waals surface area (Å²) in [5, 5.41) is 11.4. The Morgan fingerprint density at radius 1 is 1.16 bits per heavy atom. The zero-order valence-electron chi connectivity index (χ0n) is 20.3. The monoisotopic (exact) mass is 512 g/mol. The van der Waals surface area contributed by atoms with Gasteiger partial charge in [-0.05, 0) is 61.2 Å². The van der Waals surface area contributed by atoms with Crippen LogP contribution in [0.4, 0.5) is 13.2 Å². The molecule has 3 aromatic heterocycles. The first-order valence-corrected chi connectivity index (χ1v) is 12.3. The summed E-state index contributed by atoms with van der Waals surface area (Å²) in [6.07, 6.45) is 1.99. The Balaban J connectivity index is 1.44. The second kappa shape index (κ2) is 8.84. The van der Waals surface area contributed by atoms with Gasteiger partial charge in [0.25, 0.3) is 0 Å². The number of imidazole rings is 1. The molecule has 6 rings (SSSR count). The molecule has 0 saturated carbocycles. The van der Waals surface area contributed by atoms with Crippen molar-refractivity contribution < 1.29 is 17.9 Å². The van der Waals surface area contributed by atoms with E-state index in [0.717, 1.165) is 41.7 Å². The van der Waals surface area contributed by atoms with E-state index >= 15 is 0 Å². The van der Waals surface area contributed by atoms with Gasteiger partial charge in [-0.25, -0.2) is 4.79 Å². The first kappa shape index (κ1) is 23.9. The minimum atomic E-state index is -4.59. The van der Waals surface area contributed by atoms with Crippen molar-refractivity contribution in [1.82, 2.24) is 29.0 Å². The molecule has 5 heterocycles. The Labute approximate surface area is 210 Å². The van der Waals surface area contributed by atoms with Crippen molar-refractivity contribution in [3.63, 3.8) is 0 Å². The SMILES string of the molecule is Cn1cnnc1CC1(c2cccc(-n3cc4c(C(F)(F)F)cc(C5CCNCC5)cn4c3=O)c2)COC1. The minimum Gasteiger partial charge on any atom is -0.379 e. The Morgan fingerprint density at radius 3 is 2.59 bits per heavy atom. The molecule has 2 fully saturated rings. The zero-order valence-corrected chi connectivity index (χ0v) is 20.3. The lowest BCUT2D eigenvalue weighted by molar-refractivity contribution is -0.136. The van der Waals surface area contributed by atoms with Crippen molar-refractivity contribution in [3.8, 4) is 5.69 Å². The second-order valence-corrected chi connectivity index (χ2v) is 10.1. The van der Waals surface area contributed by atoms with Gasteiger partial charge in [0.15, 0.2) is 0 Å². The summed E-state index contributed by atoms with van der Waals surface area (Å²) < 4.78 is 52.3. The van der Waals surface area contributed by atoms with Crippen molar-refractivity contribution in [2.45, 2.75) is 36.8 Å². The van der Waals surface area contributed by atoms with Crippen LogP contribution < -0.4 is 11.0 Å². The van der Waals surface area contributed by atoms with Gasteiger partial charge in [0.2, 0.25) is 0 Å². The van der Waals surface area contributed by atoms with Crippen LogP contribution in [0.15, 0.2) is 53.8 Å². The molecule has 0 bridgehead atoms. The van der Waals surface area contributed by atoms with Gasteiger partial charge in [0.1, 0.15) is 12.2 Å². The predicted octanol–water partition coefficient (Wildman–Crippen LogP) is 3.22. The van der Waals surface area contributed by atoms with Crippen LogP contribution in [0.2, 0.25) is 0 Å². The van der Waals surface area contributed by atoms with Crippen molar-refractivity contribution in [3.05, 3.63) is 82.1 Å². The standard InChI is InChI=1S/C26H27F3N6O2/c1-33-16-31-32-23(33)11-25(14-37-15-25)19-3-2-4-20(10-19)34-13-22-21(26(27,28)29)9-18(12-35(22)24(34)36)17-5-7-30-8-6-17/h2-4,9-10,12-13,16-17,30H,5-8,11,14-15H2,1H3. The van der Waals surface area contributed by atoms with Crippen molar-refractivity contribution in [2.24, 2.45) is 7.05 Å². The number of pyridine rings is 1. The van der Waals surface area contributed by atoms with Gasteiger partial charge < -0.3 is 14.6 Å². The lowest BCUT2D eigenvalue weighted by atomic mass is 9.75. The maximum atomic E-state index is 14.1. The number of hydrogen-bond acceptors (Lipinski definition) is 5. The van der Waals surface area contributed by atoms with E-state index in [-0.39, 0.29) is 16.8 Å². The summed E-state index contributed by atoms with van der Waals surface area (Å²) in [6, 6.07) is 8.59. The van der Waals surface area contributed by atoms with E-state index in [1.54, 1.807) is 18.6 Å². The number of rotatable bonds is 5. The number of nitrogens with one attached hydrogen (secondary N) is 1. The van der Waals surface area contributed by atoms with Crippen LogP contribution in [0.3, 0.4) is 0 Å².